The van der Waals surface area contributed by atoms with Crippen LogP contribution in [0.4, 0.5) is 0 Å². The van der Waals surface area contributed by atoms with Gasteiger partial charge >= 0.3 is 0 Å². The van der Waals surface area contributed by atoms with E-state index in [9.17, 15) is 5.11 Å². The number of rotatable bonds is 12. The Morgan fingerprint density at radius 1 is 0.543 bits per heavy atom. The van der Waals surface area contributed by atoms with Crippen LogP contribution in [0, 0.1) is 0 Å². The molecule has 0 saturated carbocycles. The molecule has 4 rings (SSSR count). The molecule has 46 heavy (non-hydrogen) atoms. The number of aliphatic hydroxyl groups is 1. The van der Waals surface area contributed by atoms with Crippen LogP contribution in [0.25, 0.3) is 0 Å². The van der Waals surface area contributed by atoms with Crippen molar-refractivity contribution in [2.75, 3.05) is 126 Å². The van der Waals surface area contributed by atoms with Crippen molar-refractivity contribution in [2.45, 2.75) is 98.8 Å². The van der Waals surface area contributed by atoms with Crippen LogP contribution >= 0.6 is 0 Å². The Hall–Kier alpha value is -0.480. The highest BCUT2D eigenvalue weighted by atomic mass is 16.5. The summed E-state index contributed by atoms with van der Waals surface area (Å²) in [7, 11) is 2.17. The van der Waals surface area contributed by atoms with Gasteiger partial charge in [0.15, 0.2) is 0 Å². The second-order valence-corrected chi connectivity index (χ2v) is 13.7. The van der Waals surface area contributed by atoms with Crippen LogP contribution in [-0.4, -0.2) is 186 Å². The molecule has 0 spiro atoms. The lowest BCUT2D eigenvalue weighted by molar-refractivity contribution is -0.0511. The van der Waals surface area contributed by atoms with Gasteiger partial charge in [0.1, 0.15) is 0 Å². The zero-order valence-corrected chi connectivity index (χ0v) is 31.3. The Bertz CT molecular complexity index is 609. The summed E-state index contributed by atoms with van der Waals surface area (Å²) in [5.74, 6) is 0. The monoisotopic (exact) mass is 663 g/mol. The number of nitrogens with one attached hydrogen (secondary N) is 1. The molecule has 4 fully saturated rings. The number of hydrogen-bond acceptors (Lipinski definition) is 12. The molecule has 276 valence electrons. The molecule has 2 N–H and O–H groups in total. The van der Waals surface area contributed by atoms with Crippen molar-refractivity contribution in [3.8, 4) is 0 Å². The molecule has 0 radical (unpaired) electrons. The topological polar surface area (TPSA) is 94.6 Å². The summed E-state index contributed by atoms with van der Waals surface area (Å²) >= 11 is 0. The maximum Gasteiger partial charge on any atom is 0.0995 e. The highest BCUT2D eigenvalue weighted by molar-refractivity contribution is 4.69. The van der Waals surface area contributed by atoms with E-state index in [2.05, 4.69) is 78.4 Å². The molecule has 0 atom stereocenters. The zero-order valence-electron chi connectivity index (χ0n) is 31.3. The molecule has 4 aliphatic heterocycles. The Morgan fingerprint density at radius 2 is 0.891 bits per heavy atom. The molecule has 4 heterocycles. The smallest absolute Gasteiger partial charge is 0.0995 e. The van der Waals surface area contributed by atoms with Crippen molar-refractivity contribution in [2.24, 2.45) is 0 Å². The number of ether oxygens (including phenoxy) is 5. The summed E-state index contributed by atoms with van der Waals surface area (Å²) in [5.41, 5.74) is 0. The van der Waals surface area contributed by atoms with Crippen molar-refractivity contribution >= 4 is 0 Å². The van der Waals surface area contributed by atoms with E-state index in [1.165, 1.54) is 13.1 Å². The van der Waals surface area contributed by atoms with E-state index >= 15 is 0 Å². The van der Waals surface area contributed by atoms with Gasteiger partial charge in [-0.1, -0.05) is 0 Å². The fraction of sp³-hybridized carbons (Fsp3) is 1.00. The highest BCUT2D eigenvalue weighted by Crippen LogP contribution is 2.09. The predicted octanol–water partition coefficient (Wildman–Crippen LogP) is 2.42. The first-order valence-electron chi connectivity index (χ1n) is 17.9. The number of hydrogen-bond donors (Lipinski definition) is 2. The summed E-state index contributed by atoms with van der Waals surface area (Å²) in [5, 5.41) is 12.5. The van der Waals surface area contributed by atoms with Gasteiger partial charge in [-0.3, -0.25) is 19.6 Å². The molecule has 0 aromatic rings. The minimum Gasteiger partial charge on any atom is -0.393 e. The number of likely N-dealkylation sites (N-methyl/N-ethyl adjacent to an activating group) is 1. The quantitative estimate of drug-likeness (QED) is 0.322. The van der Waals surface area contributed by atoms with E-state index in [1.54, 1.807) is 0 Å². The van der Waals surface area contributed by atoms with Crippen molar-refractivity contribution in [3.63, 3.8) is 0 Å². The van der Waals surface area contributed by atoms with Crippen LogP contribution in [0.5, 0.6) is 0 Å². The van der Waals surface area contributed by atoms with Crippen molar-refractivity contribution in [1.82, 2.24) is 29.8 Å². The van der Waals surface area contributed by atoms with Gasteiger partial charge in [0, 0.05) is 78.5 Å². The molecule has 12 heteroatoms. The van der Waals surface area contributed by atoms with Crippen LogP contribution in [-0.2, 0) is 23.7 Å². The van der Waals surface area contributed by atoms with Gasteiger partial charge in [0.05, 0.1) is 70.7 Å². The van der Waals surface area contributed by atoms with Crippen LogP contribution in [0.1, 0.15) is 68.2 Å². The van der Waals surface area contributed by atoms with Gasteiger partial charge in [-0.2, -0.15) is 0 Å². The summed E-state index contributed by atoms with van der Waals surface area (Å²) in [6, 6.07) is 0. The molecule has 0 aliphatic carbocycles. The van der Waals surface area contributed by atoms with Crippen molar-refractivity contribution < 1.29 is 28.8 Å². The van der Waals surface area contributed by atoms with Gasteiger partial charge in [0.25, 0.3) is 0 Å². The first-order valence-corrected chi connectivity index (χ1v) is 17.9. The molecular weight excluding hydrogens is 588 g/mol. The lowest BCUT2D eigenvalue weighted by Crippen LogP contribution is -2.45. The van der Waals surface area contributed by atoms with Crippen molar-refractivity contribution in [1.29, 1.82) is 0 Å². The Labute approximate surface area is 282 Å². The molecule has 12 nitrogen and oxygen atoms in total. The highest BCUT2D eigenvalue weighted by Gasteiger charge is 2.17. The van der Waals surface area contributed by atoms with E-state index in [-0.39, 0.29) is 6.10 Å². The number of likely N-dealkylation sites (tertiary alicyclic amines) is 1. The summed E-state index contributed by atoms with van der Waals surface area (Å²) in [6.07, 6.45) is 3.03. The fourth-order valence-electron chi connectivity index (χ4n) is 4.61. The van der Waals surface area contributed by atoms with E-state index in [1.807, 2.05) is 13.8 Å². The molecule has 0 unspecified atom stereocenters. The SMILES string of the molecule is CC(C)OCN1CCC(O)CC1.CC(C)OCN1CCN(C)CC1.CC(C)OCN1CCNCC1.CC(C)OCN1CCOCC1. The fourth-order valence-corrected chi connectivity index (χ4v) is 4.61. The largest absolute Gasteiger partial charge is 0.393 e. The number of aliphatic hydroxyl groups excluding tert-OH is 1. The summed E-state index contributed by atoms with van der Waals surface area (Å²) in [4.78, 5) is 11.6. The van der Waals surface area contributed by atoms with Crippen LogP contribution in [0.15, 0.2) is 0 Å². The van der Waals surface area contributed by atoms with Gasteiger partial charge < -0.3 is 39.0 Å². The molecule has 0 amide bonds. The minimum atomic E-state index is -0.0831. The van der Waals surface area contributed by atoms with E-state index in [0.717, 1.165) is 112 Å². The van der Waals surface area contributed by atoms with E-state index in [4.69, 9.17) is 23.7 Å². The van der Waals surface area contributed by atoms with Gasteiger partial charge in [-0.15, -0.1) is 0 Å². The number of morpholine rings is 1. The third-order valence-corrected chi connectivity index (χ3v) is 7.83. The zero-order chi connectivity index (χ0) is 34.2. The van der Waals surface area contributed by atoms with Gasteiger partial charge in [-0.05, 0) is 75.3 Å². The molecular formula is C34H74N6O6. The average Bonchev–Trinajstić information content (AvgIpc) is 3.04. The second-order valence-electron chi connectivity index (χ2n) is 13.7. The molecule has 0 aromatic heterocycles. The molecule has 4 aliphatic rings. The van der Waals surface area contributed by atoms with Crippen LogP contribution in [0.3, 0.4) is 0 Å². The first kappa shape index (κ1) is 43.5. The lowest BCUT2D eigenvalue weighted by atomic mass is 10.1. The normalized spacial score (nSPS) is 21.5. The predicted molar refractivity (Wildman–Crippen MR) is 187 cm³/mol. The Morgan fingerprint density at radius 3 is 1.28 bits per heavy atom. The lowest BCUT2D eigenvalue weighted by Gasteiger charge is -2.32. The van der Waals surface area contributed by atoms with Gasteiger partial charge in [-0.25, -0.2) is 0 Å². The summed E-state index contributed by atoms with van der Waals surface area (Å²) in [6.45, 7) is 34.2. The van der Waals surface area contributed by atoms with E-state index in [0.29, 0.717) is 31.1 Å². The van der Waals surface area contributed by atoms with E-state index < -0.39 is 0 Å². The molecule has 0 aromatic carbocycles. The Kier molecular flexibility index (Phi) is 25.9. The average molecular weight is 663 g/mol. The van der Waals surface area contributed by atoms with Crippen LogP contribution in [0.2, 0.25) is 0 Å². The maximum atomic E-state index is 9.24. The number of nitrogens with zero attached hydrogens (tertiary/aromatic N) is 5. The standard InChI is InChI=1S/C9H20N2O.C9H19NO2.C8H18N2O.C8H17NO2/c1-9(2)12-8-11-6-4-10(3)5-7-11;1-8(2)12-7-10-5-3-9(11)4-6-10;1-8(2)11-7-10-5-3-9-4-6-10;1-8(2)11-7-9-3-5-10-6-4-9/h9H,4-8H2,1-3H3;8-9,11H,3-7H2,1-2H3;8-9H,3-7H2,1-2H3;8H,3-7H2,1-2H3. The third kappa shape index (κ3) is 25.5. The van der Waals surface area contributed by atoms with Crippen LogP contribution < -0.4 is 5.32 Å². The third-order valence-electron chi connectivity index (χ3n) is 7.83. The summed E-state index contributed by atoms with van der Waals surface area (Å²) < 4.78 is 27.1. The number of piperidine rings is 1. The molecule has 4 saturated heterocycles. The maximum absolute atomic E-state index is 9.24. The number of piperazine rings is 2. The van der Waals surface area contributed by atoms with Gasteiger partial charge in [0.2, 0.25) is 0 Å². The van der Waals surface area contributed by atoms with Crippen molar-refractivity contribution in [3.05, 3.63) is 0 Å². The first-order chi connectivity index (χ1) is 21.9. The second kappa shape index (κ2) is 27.4. The Balaban J connectivity index is 0.000000307. The minimum absolute atomic E-state index is 0.0831. The molecule has 0 bridgehead atoms.